The molecule has 1 atom stereocenters. The highest BCUT2D eigenvalue weighted by molar-refractivity contribution is 6.30. The molecule has 0 N–H and O–H groups in total. The van der Waals surface area contributed by atoms with Crippen molar-refractivity contribution in [2.24, 2.45) is 0 Å². The number of nitrogens with zero attached hydrogens (tertiary/aromatic N) is 1. The van der Waals surface area contributed by atoms with E-state index in [1.54, 1.807) is 7.11 Å². The van der Waals surface area contributed by atoms with E-state index in [1.165, 1.54) is 19.3 Å². The van der Waals surface area contributed by atoms with Crippen LogP contribution in [0.4, 0.5) is 0 Å². The lowest BCUT2D eigenvalue weighted by Crippen LogP contribution is -2.39. The second-order valence-corrected chi connectivity index (χ2v) is 5.87. The minimum absolute atomic E-state index is 0.593. The van der Waals surface area contributed by atoms with Crippen molar-refractivity contribution in [2.45, 2.75) is 38.3 Å². The van der Waals surface area contributed by atoms with Gasteiger partial charge in [0.1, 0.15) is 5.75 Å². The van der Waals surface area contributed by atoms with Crippen LogP contribution in [0, 0.1) is 0 Å². The SMILES string of the molecule is COc1ccc(Cl)cc1CN1CCCCC1CCCl. The van der Waals surface area contributed by atoms with E-state index in [1.807, 2.05) is 18.2 Å². The lowest BCUT2D eigenvalue weighted by Gasteiger charge is -2.35. The molecule has 19 heavy (non-hydrogen) atoms. The Morgan fingerprint density at radius 3 is 2.95 bits per heavy atom. The molecule has 1 saturated heterocycles. The highest BCUT2D eigenvalue weighted by atomic mass is 35.5. The van der Waals surface area contributed by atoms with Gasteiger partial charge in [0, 0.05) is 29.1 Å². The zero-order valence-corrected chi connectivity index (χ0v) is 12.9. The zero-order valence-electron chi connectivity index (χ0n) is 11.4. The third kappa shape index (κ3) is 4.01. The van der Waals surface area contributed by atoms with Gasteiger partial charge in [-0.15, -0.1) is 11.6 Å². The van der Waals surface area contributed by atoms with Crippen LogP contribution in [0.3, 0.4) is 0 Å². The fourth-order valence-electron chi connectivity index (χ4n) is 2.81. The molecule has 0 radical (unpaired) electrons. The monoisotopic (exact) mass is 301 g/mol. The molecule has 1 unspecified atom stereocenters. The van der Waals surface area contributed by atoms with Gasteiger partial charge in [-0.3, -0.25) is 4.90 Å². The first-order chi connectivity index (χ1) is 9.24. The summed E-state index contributed by atoms with van der Waals surface area (Å²) in [4.78, 5) is 2.51. The van der Waals surface area contributed by atoms with Gasteiger partial charge in [0.25, 0.3) is 0 Å². The Morgan fingerprint density at radius 2 is 2.21 bits per heavy atom. The van der Waals surface area contributed by atoms with E-state index in [-0.39, 0.29) is 0 Å². The van der Waals surface area contributed by atoms with E-state index < -0.39 is 0 Å². The first-order valence-corrected chi connectivity index (χ1v) is 7.78. The van der Waals surface area contributed by atoms with Gasteiger partial charge in [-0.1, -0.05) is 18.0 Å². The van der Waals surface area contributed by atoms with E-state index in [2.05, 4.69) is 4.90 Å². The van der Waals surface area contributed by atoms with Crippen molar-refractivity contribution in [1.82, 2.24) is 4.90 Å². The third-order valence-corrected chi connectivity index (χ3v) is 4.26. The van der Waals surface area contributed by atoms with Gasteiger partial charge in [0.05, 0.1) is 7.11 Å². The van der Waals surface area contributed by atoms with Crippen molar-refractivity contribution in [2.75, 3.05) is 19.5 Å². The van der Waals surface area contributed by atoms with Crippen LogP contribution in [0.5, 0.6) is 5.75 Å². The van der Waals surface area contributed by atoms with Crippen LogP contribution in [0.1, 0.15) is 31.2 Å². The van der Waals surface area contributed by atoms with Crippen molar-refractivity contribution in [1.29, 1.82) is 0 Å². The molecule has 0 bridgehead atoms. The number of halogens is 2. The minimum atomic E-state index is 0.593. The van der Waals surface area contributed by atoms with Gasteiger partial charge >= 0.3 is 0 Å². The van der Waals surface area contributed by atoms with Crippen LogP contribution in [0.25, 0.3) is 0 Å². The summed E-state index contributed by atoms with van der Waals surface area (Å²) in [5.41, 5.74) is 1.16. The Kier molecular flexibility index (Phi) is 5.80. The van der Waals surface area contributed by atoms with E-state index >= 15 is 0 Å². The number of hydrogen-bond donors (Lipinski definition) is 0. The predicted molar refractivity (Wildman–Crippen MR) is 81.4 cm³/mol. The average molecular weight is 302 g/mol. The molecule has 1 fully saturated rings. The van der Waals surface area contributed by atoms with E-state index in [0.29, 0.717) is 6.04 Å². The second-order valence-electron chi connectivity index (χ2n) is 5.05. The molecular weight excluding hydrogens is 281 g/mol. The maximum atomic E-state index is 6.09. The van der Waals surface area contributed by atoms with Crippen molar-refractivity contribution in [3.05, 3.63) is 28.8 Å². The molecule has 1 aliphatic heterocycles. The number of rotatable bonds is 5. The Labute approximate surface area is 125 Å². The van der Waals surface area contributed by atoms with Gasteiger partial charge in [-0.2, -0.15) is 0 Å². The lowest BCUT2D eigenvalue weighted by atomic mass is 9.99. The van der Waals surface area contributed by atoms with Crippen LogP contribution in [-0.2, 0) is 6.54 Å². The van der Waals surface area contributed by atoms with Gasteiger partial charge < -0.3 is 4.74 Å². The van der Waals surface area contributed by atoms with Crippen LogP contribution in [-0.4, -0.2) is 30.5 Å². The molecule has 1 aliphatic rings. The predicted octanol–water partition coefficient (Wildman–Crippen LogP) is 4.33. The van der Waals surface area contributed by atoms with Gasteiger partial charge in [-0.05, 0) is 44.0 Å². The molecule has 0 aliphatic carbocycles. The molecule has 0 amide bonds. The minimum Gasteiger partial charge on any atom is -0.496 e. The summed E-state index contributed by atoms with van der Waals surface area (Å²) in [5.74, 6) is 1.65. The molecule has 0 saturated carbocycles. The molecule has 0 aromatic heterocycles. The van der Waals surface area contributed by atoms with Crippen LogP contribution >= 0.6 is 23.2 Å². The largest absolute Gasteiger partial charge is 0.496 e. The summed E-state index contributed by atoms with van der Waals surface area (Å²) in [5, 5.41) is 0.765. The molecule has 106 valence electrons. The lowest BCUT2D eigenvalue weighted by molar-refractivity contribution is 0.135. The number of alkyl halides is 1. The highest BCUT2D eigenvalue weighted by Gasteiger charge is 2.22. The highest BCUT2D eigenvalue weighted by Crippen LogP contribution is 2.28. The Morgan fingerprint density at radius 1 is 1.37 bits per heavy atom. The van der Waals surface area contributed by atoms with Gasteiger partial charge in [-0.25, -0.2) is 0 Å². The maximum Gasteiger partial charge on any atom is 0.123 e. The van der Waals surface area contributed by atoms with Crippen molar-refractivity contribution in [3.8, 4) is 5.75 Å². The summed E-state index contributed by atoms with van der Waals surface area (Å²) in [6, 6.07) is 6.41. The number of piperidine rings is 1. The second kappa shape index (κ2) is 7.37. The molecule has 0 spiro atoms. The van der Waals surface area contributed by atoms with Crippen LogP contribution in [0.2, 0.25) is 5.02 Å². The molecule has 2 nitrogen and oxygen atoms in total. The fraction of sp³-hybridized carbons (Fsp3) is 0.600. The number of methoxy groups -OCH3 is 1. The molecule has 1 aromatic rings. The van der Waals surface area contributed by atoms with Crippen molar-refractivity contribution >= 4 is 23.2 Å². The van der Waals surface area contributed by atoms with Crippen LogP contribution < -0.4 is 4.74 Å². The average Bonchev–Trinajstić information content (AvgIpc) is 2.42. The smallest absolute Gasteiger partial charge is 0.123 e. The first-order valence-electron chi connectivity index (χ1n) is 6.87. The Balaban J connectivity index is 2.11. The van der Waals surface area contributed by atoms with Gasteiger partial charge in [0.15, 0.2) is 0 Å². The number of hydrogen-bond acceptors (Lipinski definition) is 2. The summed E-state index contributed by atoms with van der Waals surface area (Å²) >= 11 is 12.0. The topological polar surface area (TPSA) is 12.5 Å². The zero-order chi connectivity index (χ0) is 13.7. The van der Waals surface area contributed by atoms with E-state index in [4.69, 9.17) is 27.9 Å². The number of likely N-dealkylation sites (tertiary alicyclic amines) is 1. The van der Waals surface area contributed by atoms with Crippen molar-refractivity contribution in [3.63, 3.8) is 0 Å². The fourth-order valence-corrected chi connectivity index (χ4v) is 3.26. The molecule has 2 rings (SSSR count). The summed E-state index contributed by atoms with van der Waals surface area (Å²) < 4.78 is 5.43. The van der Waals surface area contributed by atoms with Crippen molar-refractivity contribution < 1.29 is 4.74 Å². The maximum absolute atomic E-state index is 6.09. The number of ether oxygens (including phenoxy) is 1. The third-order valence-electron chi connectivity index (χ3n) is 3.81. The molecule has 1 heterocycles. The van der Waals surface area contributed by atoms with E-state index in [0.717, 1.165) is 41.7 Å². The van der Waals surface area contributed by atoms with Gasteiger partial charge in [0.2, 0.25) is 0 Å². The Hall–Kier alpha value is -0.440. The number of benzene rings is 1. The normalized spacial score (nSPS) is 20.5. The Bertz CT molecular complexity index is 409. The summed E-state index contributed by atoms with van der Waals surface area (Å²) in [7, 11) is 1.71. The first kappa shape index (κ1) is 15.0. The van der Waals surface area contributed by atoms with E-state index in [9.17, 15) is 0 Å². The quantitative estimate of drug-likeness (QED) is 0.751. The molecule has 1 aromatic carbocycles. The van der Waals surface area contributed by atoms with Crippen LogP contribution in [0.15, 0.2) is 18.2 Å². The summed E-state index contributed by atoms with van der Waals surface area (Å²) in [6.07, 6.45) is 4.88. The molecular formula is C15H21Cl2NO. The summed E-state index contributed by atoms with van der Waals surface area (Å²) in [6.45, 7) is 2.03. The standard InChI is InChI=1S/C15H21Cl2NO/c1-19-15-6-5-13(17)10-12(15)11-18-9-3-2-4-14(18)7-8-16/h5-6,10,14H,2-4,7-9,11H2,1H3. The molecule has 4 heteroatoms.